The van der Waals surface area contributed by atoms with Crippen molar-refractivity contribution in [2.24, 2.45) is 0 Å². The summed E-state index contributed by atoms with van der Waals surface area (Å²) in [6, 6.07) is 18.3. The Bertz CT molecular complexity index is 1040. The molecule has 0 aliphatic heterocycles. The largest absolute Gasteiger partial charge is 0.340 e. The molecule has 1 atom stereocenters. The summed E-state index contributed by atoms with van der Waals surface area (Å²) in [7, 11) is 0. The van der Waals surface area contributed by atoms with E-state index >= 15 is 0 Å². The highest BCUT2D eigenvalue weighted by molar-refractivity contribution is 7.13. The van der Waals surface area contributed by atoms with Crippen LogP contribution < -0.4 is 16.2 Å². The van der Waals surface area contributed by atoms with E-state index in [1.807, 2.05) is 43.3 Å². The number of carbonyl (C=O) groups is 3. The van der Waals surface area contributed by atoms with Crippen molar-refractivity contribution in [1.82, 2.24) is 16.2 Å². The van der Waals surface area contributed by atoms with Crippen LogP contribution in [0.4, 0.5) is 0 Å². The molecule has 154 valence electrons. The number of thiophene rings is 1. The molecule has 0 radical (unpaired) electrons. The van der Waals surface area contributed by atoms with Gasteiger partial charge in [0.25, 0.3) is 17.7 Å². The Hall–Kier alpha value is -3.16. The molecule has 30 heavy (non-hydrogen) atoms. The minimum Gasteiger partial charge on any atom is -0.340 e. The van der Waals surface area contributed by atoms with Crippen LogP contribution in [0.3, 0.4) is 0 Å². The van der Waals surface area contributed by atoms with E-state index in [0.29, 0.717) is 15.5 Å². The van der Waals surface area contributed by atoms with Crippen LogP contribution in [0.1, 0.15) is 30.5 Å². The molecule has 2 aromatic carbocycles. The second-order valence-corrected chi connectivity index (χ2v) is 8.30. The fraction of sp³-hybridized carbons (Fsp3) is 0.136. The van der Waals surface area contributed by atoms with Crippen molar-refractivity contribution in [2.75, 3.05) is 0 Å². The molecule has 3 aromatic rings. The standard InChI is InChI=1S/C22H20ClN3O3S/c1-14-7-12-19(30-14)22(29)26-25-21(28)18(13-15-5-3-2-4-6-15)24-20(27)16-8-10-17(23)11-9-16/h2-12,18H,13H2,1H3,(H,24,27)(H,25,28)(H,26,29). The molecule has 0 aliphatic rings. The van der Waals surface area contributed by atoms with Crippen molar-refractivity contribution in [3.05, 3.63) is 92.6 Å². The van der Waals surface area contributed by atoms with E-state index < -0.39 is 23.8 Å². The van der Waals surface area contributed by atoms with E-state index in [1.54, 1.807) is 30.3 Å². The van der Waals surface area contributed by atoms with E-state index in [2.05, 4.69) is 16.2 Å². The number of aryl methyl sites for hydroxylation is 1. The molecule has 0 spiro atoms. The topological polar surface area (TPSA) is 87.3 Å². The minimum atomic E-state index is -0.888. The summed E-state index contributed by atoms with van der Waals surface area (Å²) in [6.07, 6.45) is 0.264. The summed E-state index contributed by atoms with van der Waals surface area (Å²) >= 11 is 7.19. The molecular formula is C22H20ClN3O3S. The molecule has 8 heteroatoms. The Morgan fingerprint density at radius 3 is 2.23 bits per heavy atom. The highest BCUT2D eigenvalue weighted by Crippen LogP contribution is 2.14. The van der Waals surface area contributed by atoms with Crippen molar-refractivity contribution < 1.29 is 14.4 Å². The van der Waals surface area contributed by atoms with Crippen LogP contribution in [0.2, 0.25) is 5.02 Å². The van der Waals surface area contributed by atoms with E-state index in [9.17, 15) is 14.4 Å². The quantitative estimate of drug-likeness (QED) is 0.511. The third-order valence-electron chi connectivity index (χ3n) is 4.27. The van der Waals surface area contributed by atoms with Gasteiger partial charge in [0, 0.05) is 21.9 Å². The molecule has 0 saturated heterocycles. The predicted octanol–water partition coefficient (Wildman–Crippen LogP) is 3.51. The van der Waals surface area contributed by atoms with Gasteiger partial charge in [0.2, 0.25) is 0 Å². The molecular weight excluding hydrogens is 422 g/mol. The first-order chi connectivity index (χ1) is 14.4. The lowest BCUT2D eigenvalue weighted by molar-refractivity contribution is -0.123. The van der Waals surface area contributed by atoms with Gasteiger partial charge in [-0.1, -0.05) is 41.9 Å². The normalized spacial score (nSPS) is 11.4. The summed E-state index contributed by atoms with van der Waals surface area (Å²) in [5.41, 5.74) is 6.06. The molecule has 3 N–H and O–H groups in total. The first-order valence-corrected chi connectivity index (χ1v) is 10.4. The fourth-order valence-corrected chi connectivity index (χ4v) is 3.61. The van der Waals surface area contributed by atoms with E-state index in [1.165, 1.54) is 11.3 Å². The molecule has 0 aliphatic carbocycles. The lowest BCUT2D eigenvalue weighted by Gasteiger charge is -2.19. The molecule has 0 saturated carbocycles. The first-order valence-electron chi connectivity index (χ1n) is 9.19. The van der Waals surface area contributed by atoms with Gasteiger partial charge < -0.3 is 5.32 Å². The monoisotopic (exact) mass is 441 g/mol. The molecule has 1 unspecified atom stereocenters. The molecule has 6 nitrogen and oxygen atoms in total. The average Bonchev–Trinajstić information content (AvgIpc) is 3.19. The SMILES string of the molecule is Cc1ccc(C(=O)NNC(=O)C(Cc2ccccc2)NC(=O)c2ccc(Cl)cc2)s1. The molecule has 1 aromatic heterocycles. The number of hydrogen-bond acceptors (Lipinski definition) is 4. The van der Waals surface area contributed by atoms with Crippen molar-refractivity contribution in [1.29, 1.82) is 0 Å². The van der Waals surface area contributed by atoms with Gasteiger partial charge >= 0.3 is 0 Å². The Kier molecular flexibility index (Phi) is 7.21. The smallest absolute Gasteiger partial charge is 0.279 e. The number of hydrazine groups is 1. The first kappa shape index (κ1) is 21.5. The van der Waals surface area contributed by atoms with Crippen molar-refractivity contribution in [3.8, 4) is 0 Å². The number of hydrogen-bond donors (Lipinski definition) is 3. The number of rotatable bonds is 6. The van der Waals surface area contributed by atoms with Crippen LogP contribution in [0, 0.1) is 6.92 Å². The summed E-state index contributed by atoms with van der Waals surface area (Å²) in [5, 5.41) is 3.24. The maximum Gasteiger partial charge on any atom is 0.279 e. The molecule has 3 rings (SSSR count). The lowest BCUT2D eigenvalue weighted by atomic mass is 10.0. The number of nitrogens with one attached hydrogen (secondary N) is 3. The van der Waals surface area contributed by atoms with Crippen molar-refractivity contribution in [2.45, 2.75) is 19.4 Å². The molecule has 0 bridgehead atoms. The Morgan fingerprint density at radius 1 is 0.900 bits per heavy atom. The summed E-state index contributed by atoms with van der Waals surface area (Å²) in [4.78, 5) is 39.0. The maximum atomic E-state index is 12.8. The van der Waals surface area contributed by atoms with Gasteiger partial charge in [-0.3, -0.25) is 25.2 Å². The third kappa shape index (κ3) is 5.92. The van der Waals surface area contributed by atoms with Gasteiger partial charge in [0.15, 0.2) is 0 Å². The number of halogens is 1. The second-order valence-electron chi connectivity index (χ2n) is 6.58. The van der Waals surface area contributed by atoms with E-state index in [0.717, 1.165) is 10.4 Å². The summed E-state index contributed by atoms with van der Waals surface area (Å²) in [6.45, 7) is 1.89. The van der Waals surface area contributed by atoms with Crippen LogP contribution in [0.15, 0.2) is 66.7 Å². The lowest BCUT2D eigenvalue weighted by Crippen LogP contribution is -2.53. The van der Waals surface area contributed by atoms with Gasteiger partial charge in [-0.15, -0.1) is 11.3 Å². The Morgan fingerprint density at radius 2 is 1.60 bits per heavy atom. The number of carbonyl (C=O) groups excluding carboxylic acids is 3. The molecule has 1 heterocycles. The van der Waals surface area contributed by atoms with Crippen molar-refractivity contribution >= 4 is 40.7 Å². The van der Waals surface area contributed by atoms with E-state index in [4.69, 9.17) is 11.6 Å². The highest BCUT2D eigenvalue weighted by atomic mass is 35.5. The molecule has 3 amide bonds. The zero-order valence-corrected chi connectivity index (χ0v) is 17.7. The second kappa shape index (κ2) is 10.0. The highest BCUT2D eigenvalue weighted by Gasteiger charge is 2.23. The zero-order valence-electron chi connectivity index (χ0n) is 16.1. The van der Waals surface area contributed by atoms with Gasteiger partial charge in [-0.25, -0.2) is 0 Å². The summed E-state index contributed by atoms with van der Waals surface area (Å²) in [5.74, 6) is -1.35. The number of benzene rings is 2. The minimum absolute atomic E-state index is 0.264. The Balaban J connectivity index is 1.69. The van der Waals surface area contributed by atoms with Crippen LogP contribution in [-0.2, 0) is 11.2 Å². The van der Waals surface area contributed by atoms with Gasteiger partial charge in [0.1, 0.15) is 6.04 Å². The van der Waals surface area contributed by atoms with Crippen LogP contribution >= 0.6 is 22.9 Å². The maximum absolute atomic E-state index is 12.8. The van der Waals surface area contributed by atoms with Gasteiger partial charge in [-0.2, -0.15) is 0 Å². The van der Waals surface area contributed by atoms with Crippen LogP contribution in [0.5, 0.6) is 0 Å². The van der Waals surface area contributed by atoms with Crippen LogP contribution in [-0.4, -0.2) is 23.8 Å². The van der Waals surface area contributed by atoms with Crippen LogP contribution in [0.25, 0.3) is 0 Å². The van der Waals surface area contributed by atoms with Gasteiger partial charge in [-0.05, 0) is 48.9 Å². The zero-order chi connectivity index (χ0) is 21.5. The van der Waals surface area contributed by atoms with Crippen molar-refractivity contribution in [3.63, 3.8) is 0 Å². The Labute approximate surface area is 183 Å². The average molecular weight is 442 g/mol. The third-order valence-corrected chi connectivity index (χ3v) is 5.53. The number of amides is 3. The summed E-state index contributed by atoms with van der Waals surface area (Å²) < 4.78 is 0. The fourth-order valence-electron chi connectivity index (χ4n) is 2.73. The van der Waals surface area contributed by atoms with E-state index in [-0.39, 0.29) is 6.42 Å². The predicted molar refractivity (Wildman–Crippen MR) is 118 cm³/mol. The molecule has 0 fully saturated rings. The van der Waals surface area contributed by atoms with Gasteiger partial charge in [0.05, 0.1) is 4.88 Å².